The summed E-state index contributed by atoms with van der Waals surface area (Å²) in [6, 6.07) is 9.69. The van der Waals surface area contributed by atoms with Crippen LogP contribution < -0.4 is 11.1 Å². The lowest BCUT2D eigenvalue weighted by Gasteiger charge is -2.07. The molecule has 3 N–H and O–H groups in total. The molecular weight excluding hydrogens is 224 g/mol. The quantitative estimate of drug-likeness (QED) is 0.808. The van der Waals surface area contributed by atoms with Gasteiger partial charge in [-0.05, 0) is 44.2 Å². The maximum atomic E-state index is 5.63. The van der Waals surface area contributed by atoms with Crippen molar-refractivity contribution >= 4 is 11.4 Å². The lowest BCUT2D eigenvalue weighted by molar-refractivity contribution is 0.863. The third-order valence-electron chi connectivity index (χ3n) is 2.62. The van der Waals surface area contributed by atoms with Gasteiger partial charge in [-0.2, -0.15) is 0 Å². The zero-order chi connectivity index (χ0) is 13.0. The van der Waals surface area contributed by atoms with Crippen LogP contribution in [0.2, 0.25) is 0 Å². The van der Waals surface area contributed by atoms with Crippen LogP contribution in [0.15, 0.2) is 30.3 Å². The van der Waals surface area contributed by atoms with Crippen molar-refractivity contribution in [3.63, 3.8) is 0 Å². The Kier molecular flexibility index (Phi) is 3.77. The Balaban J connectivity index is 1.90. The molecule has 2 aromatic rings. The highest BCUT2D eigenvalue weighted by molar-refractivity contribution is 5.51. The van der Waals surface area contributed by atoms with Gasteiger partial charge >= 0.3 is 0 Å². The topological polar surface area (TPSA) is 63.8 Å². The molecule has 0 amide bonds. The fraction of sp³-hybridized carbons (Fsp3) is 0.286. The molecule has 0 bridgehead atoms. The molecule has 2 rings (SSSR count). The molecule has 1 heterocycles. The number of rotatable bonds is 4. The van der Waals surface area contributed by atoms with E-state index in [1.807, 2.05) is 44.2 Å². The molecule has 4 nitrogen and oxygen atoms in total. The van der Waals surface area contributed by atoms with Crippen molar-refractivity contribution < 1.29 is 0 Å². The number of aromatic nitrogens is 2. The van der Waals surface area contributed by atoms with E-state index in [0.717, 1.165) is 41.6 Å². The second-order valence-corrected chi connectivity index (χ2v) is 4.37. The summed E-state index contributed by atoms with van der Waals surface area (Å²) in [5, 5.41) is 3.32. The van der Waals surface area contributed by atoms with Gasteiger partial charge < -0.3 is 11.1 Å². The minimum absolute atomic E-state index is 0.776. The molecule has 0 radical (unpaired) electrons. The van der Waals surface area contributed by atoms with Crippen molar-refractivity contribution in [2.75, 3.05) is 17.6 Å². The number of benzene rings is 1. The van der Waals surface area contributed by atoms with Crippen LogP contribution >= 0.6 is 0 Å². The molecule has 0 aliphatic rings. The van der Waals surface area contributed by atoms with E-state index in [4.69, 9.17) is 5.73 Å². The highest BCUT2D eigenvalue weighted by Gasteiger charge is 1.99. The van der Waals surface area contributed by atoms with E-state index in [9.17, 15) is 0 Å². The summed E-state index contributed by atoms with van der Waals surface area (Å²) in [6.07, 6.45) is 0.812. The Morgan fingerprint density at radius 3 is 2.28 bits per heavy atom. The van der Waals surface area contributed by atoms with Crippen LogP contribution in [0.1, 0.15) is 17.2 Å². The summed E-state index contributed by atoms with van der Waals surface area (Å²) in [5.41, 5.74) is 9.51. The molecule has 1 aromatic carbocycles. The molecule has 0 saturated carbocycles. The number of hydrogen-bond donors (Lipinski definition) is 2. The monoisotopic (exact) mass is 242 g/mol. The Hall–Kier alpha value is -2.10. The predicted octanol–water partition coefficient (Wildman–Crippen LogP) is 2.33. The summed E-state index contributed by atoms with van der Waals surface area (Å²) >= 11 is 0. The zero-order valence-corrected chi connectivity index (χ0v) is 10.8. The Labute approximate surface area is 107 Å². The molecule has 4 heteroatoms. The maximum Gasteiger partial charge on any atom is 0.130 e. The van der Waals surface area contributed by atoms with Gasteiger partial charge in [-0.1, -0.05) is 0 Å². The largest absolute Gasteiger partial charge is 0.399 e. The standard InChI is InChI=1S/C14H18N4/c1-10-9-11(2)18-14(17-10)7-8-16-13-5-3-12(15)4-6-13/h3-6,9,16H,7-8,15H2,1-2H3. The third-order valence-corrected chi connectivity index (χ3v) is 2.62. The van der Waals surface area contributed by atoms with Crippen LogP contribution in [0.5, 0.6) is 0 Å². The number of nitrogens with two attached hydrogens (primary N) is 1. The molecule has 0 aliphatic heterocycles. The Bertz CT molecular complexity index is 500. The summed E-state index contributed by atoms with van der Waals surface area (Å²) in [6.45, 7) is 4.80. The first kappa shape index (κ1) is 12.4. The van der Waals surface area contributed by atoms with E-state index >= 15 is 0 Å². The molecule has 0 fully saturated rings. The fourth-order valence-corrected chi connectivity index (χ4v) is 1.83. The lowest BCUT2D eigenvalue weighted by atomic mass is 10.2. The number of anilines is 2. The van der Waals surface area contributed by atoms with Crippen LogP contribution in [0, 0.1) is 13.8 Å². The van der Waals surface area contributed by atoms with Gasteiger partial charge in [-0.3, -0.25) is 0 Å². The second kappa shape index (κ2) is 5.49. The Morgan fingerprint density at radius 1 is 1.06 bits per heavy atom. The first-order valence-electron chi connectivity index (χ1n) is 6.04. The van der Waals surface area contributed by atoms with Crippen molar-refractivity contribution in [2.24, 2.45) is 0 Å². The molecule has 0 saturated heterocycles. The second-order valence-electron chi connectivity index (χ2n) is 4.37. The van der Waals surface area contributed by atoms with Gasteiger partial charge in [0.15, 0.2) is 0 Å². The smallest absolute Gasteiger partial charge is 0.130 e. The maximum absolute atomic E-state index is 5.63. The van der Waals surface area contributed by atoms with Gasteiger partial charge in [0, 0.05) is 35.7 Å². The van der Waals surface area contributed by atoms with E-state index in [-0.39, 0.29) is 0 Å². The molecule has 1 aromatic heterocycles. The van der Waals surface area contributed by atoms with Crippen LogP contribution in [0.4, 0.5) is 11.4 Å². The summed E-state index contributed by atoms with van der Waals surface area (Å²) in [7, 11) is 0. The van der Waals surface area contributed by atoms with E-state index in [1.54, 1.807) is 0 Å². The van der Waals surface area contributed by atoms with Crippen LogP contribution in [0.25, 0.3) is 0 Å². The van der Waals surface area contributed by atoms with Gasteiger partial charge in [0.25, 0.3) is 0 Å². The van der Waals surface area contributed by atoms with E-state index in [2.05, 4.69) is 15.3 Å². The highest BCUT2D eigenvalue weighted by atomic mass is 14.9. The van der Waals surface area contributed by atoms with Crippen molar-refractivity contribution in [1.82, 2.24) is 9.97 Å². The molecular formula is C14H18N4. The van der Waals surface area contributed by atoms with Crippen molar-refractivity contribution in [2.45, 2.75) is 20.3 Å². The lowest BCUT2D eigenvalue weighted by Crippen LogP contribution is -2.08. The van der Waals surface area contributed by atoms with Gasteiger partial charge in [-0.15, -0.1) is 0 Å². The van der Waals surface area contributed by atoms with Gasteiger partial charge in [0.1, 0.15) is 5.82 Å². The van der Waals surface area contributed by atoms with Crippen molar-refractivity contribution in [3.8, 4) is 0 Å². The predicted molar refractivity (Wildman–Crippen MR) is 74.6 cm³/mol. The molecule has 0 unspecified atom stereocenters. The number of aryl methyl sites for hydroxylation is 2. The molecule has 0 aliphatic carbocycles. The van der Waals surface area contributed by atoms with Crippen molar-refractivity contribution in [3.05, 3.63) is 47.5 Å². The average Bonchev–Trinajstić information content (AvgIpc) is 2.30. The zero-order valence-electron chi connectivity index (χ0n) is 10.8. The highest BCUT2D eigenvalue weighted by Crippen LogP contribution is 2.10. The van der Waals surface area contributed by atoms with Crippen molar-refractivity contribution in [1.29, 1.82) is 0 Å². The minimum Gasteiger partial charge on any atom is -0.399 e. The first-order chi connectivity index (χ1) is 8.63. The third kappa shape index (κ3) is 3.45. The summed E-state index contributed by atoms with van der Waals surface area (Å²) < 4.78 is 0. The average molecular weight is 242 g/mol. The van der Waals surface area contributed by atoms with E-state index < -0.39 is 0 Å². The SMILES string of the molecule is Cc1cc(C)nc(CCNc2ccc(N)cc2)n1. The van der Waals surface area contributed by atoms with Crippen LogP contribution in [0.3, 0.4) is 0 Å². The van der Waals surface area contributed by atoms with Crippen LogP contribution in [-0.4, -0.2) is 16.5 Å². The summed E-state index contributed by atoms with van der Waals surface area (Å²) in [5.74, 6) is 0.885. The van der Waals surface area contributed by atoms with E-state index in [1.165, 1.54) is 0 Å². The minimum atomic E-state index is 0.776. The molecule has 0 spiro atoms. The van der Waals surface area contributed by atoms with Gasteiger partial charge in [0.05, 0.1) is 0 Å². The molecule has 18 heavy (non-hydrogen) atoms. The van der Waals surface area contributed by atoms with Crippen LogP contribution in [-0.2, 0) is 6.42 Å². The number of hydrogen-bond acceptors (Lipinski definition) is 4. The first-order valence-corrected chi connectivity index (χ1v) is 6.04. The summed E-state index contributed by atoms with van der Waals surface area (Å²) in [4.78, 5) is 8.82. The fourth-order valence-electron chi connectivity index (χ4n) is 1.83. The van der Waals surface area contributed by atoms with Gasteiger partial charge in [0.2, 0.25) is 0 Å². The molecule has 0 atom stereocenters. The number of nitrogens with one attached hydrogen (secondary N) is 1. The number of nitrogen functional groups attached to an aromatic ring is 1. The molecule has 94 valence electrons. The van der Waals surface area contributed by atoms with E-state index in [0.29, 0.717) is 0 Å². The normalized spacial score (nSPS) is 10.3. The number of nitrogens with zero attached hydrogens (tertiary/aromatic N) is 2. The Morgan fingerprint density at radius 2 is 1.67 bits per heavy atom. The van der Waals surface area contributed by atoms with Gasteiger partial charge in [-0.25, -0.2) is 9.97 Å².